The van der Waals surface area contributed by atoms with Gasteiger partial charge in [-0.2, -0.15) is 0 Å². The van der Waals surface area contributed by atoms with Gasteiger partial charge in [-0.25, -0.2) is 9.98 Å². The zero-order valence-corrected chi connectivity index (χ0v) is 28.6. The third-order valence-corrected chi connectivity index (χ3v) is 7.57. The Morgan fingerprint density at radius 3 is 2.43 bits per heavy atom. The fourth-order valence-electron chi connectivity index (χ4n) is 4.22. The number of ether oxygens (including phenoxy) is 2. The quantitative estimate of drug-likeness (QED) is 0.0996. The molecule has 0 radical (unpaired) electrons. The van der Waals surface area contributed by atoms with Crippen LogP contribution in [0.15, 0.2) is 95.5 Å². The first kappa shape index (κ1) is 38.2. The van der Waals surface area contributed by atoms with E-state index in [1.165, 1.54) is 16.9 Å². The first-order chi connectivity index (χ1) is 22.7. The summed E-state index contributed by atoms with van der Waals surface area (Å²) < 4.78 is 10.7. The summed E-state index contributed by atoms with van der Waals surface area (Å²) in [6.07, 6.45) is 12.3. The highest BCUT2D eigenvalue weighted by atomic mass is 32.1. The van der Waals surface area contributed by atoms with Gasteiger partial charge >= 0.3 is 0 Å². The molecule has 2 amide bonds. The van der Waals surface area contributed by atoms with Crippen LogP contribution in [0.2, 0.25) is 0 Å². The van der Waals surface area contributed by atoms with Crippen LogP contribution in [0.1, 0.15) is 49.0 Å². The van der Waals surface area contributed by atoms with Crippen LogP contribution in [0.3, 0.4) is 0 Å². The number of terminal acetylenes is 1. The highest BCUT2D eigenvalue weighted by Gasteiger charge is 2.20. The van der Waals surface area contributed by atoms with Crippen LogP contribution in [-0.4, -0.2) is 74.5 Å². The zero-order valence-electron chi connectivity index (χ0n) is 27.8. The molecule has 9 nitrogen and oxygen atoms in total. The highest BCUT2D eigenvalue weighted by molar-refractivity contribution is 7.09. The number of allylic oxidation sites excluding steroid dienone is 1. The maximum Gasteiger partial charge on any atom is 0.254 e. The molecule has 0 saturated carbocycles. The number of aliphatic imine (C=N–C) groups is 1. The SMILES string of the molecule is C#C.C=C/C(=C\C(=C)OC)CNCCCNC(=O)c1cc(C(=O)N(C)Cc2nc(C)cs2)cc(C2=NCCO2)c1.Cc1ccccc1. The van der Waals surface area contributed by atoms with Crippen molar-refractivity contribution in [3.05, 3.63) is 124 Å². The summed E-state index contributed by atoms with van der Waals surface area (Å²) in [5.41, 5.74) is 4.59. The van der Waals surface area contributed by atoms with E-state index in [9.17, 15) is 9.59 Å². The molecule has 0 fully saturated rings. The molecule has 1 aliphatic heterocycles. The smallest absolute Gasteiger partial charge is 0.254 e. The second-order valence-electron chi connectivity index (χ2n) is 10.4. The van der Waals surface area contributed by atoms with Gasteiger partial charge in [0.1, 0.15) is 17.4 Å². The van der Waals surface area contributed by atoms with Gasteiger partial charge in [0.25, 0.3) is 11.8 Å². The van der Waals surface area contributed by atoms with E-state index in [0.717, 1.165) is 22.7 Å². The molecule has 47 heavy (non-hydrogen) atoms. The van der Waals surface area contributed by atoms with Gasteiger partial charge in [-0.3, -0.25) is 9.59 Å². The van der Waals surface area contributed by atoms with Crippen molar-refractivity contribution in [2.24, 2.45) is 4.99 Å². The number of carbonyl (C=O) groups excluding carboxylic acids is 2. The monoisotopic (exact) mass is 655 g/mol. The lowest BCUT2D eigenvalue weighted by Gasteiger charge is -2.17. The Morgan fingerprint density at radius 2 is 1.85 bits per heavy atom. The van der Waals surface area contributed by atoms with E-state index >= 15 is 0 Å². The van der Waals surface area contributed by atoms with Crippen LogP contribution in [0.5, 0.6) is 0 Å². The van der Waals surface area contributed by atoms with E-state index in [0.29, 0.717) is 67.7 Å². The van der Waals surface area contributed by atoms with Gasteiger partial charge in [-0.05, 0) is 56.7 Å². The summed E-state index contributed by atoms with van der Waals surface area (Å²) in [6, 6.07) is 15.3. The van der Waals surface area contributed by atoms with Gasteiger partial charge < -0.3 is 25.0 Å². The standard InChI is InChI=1S/C28H35N5O4S.C7H8.C2H2/c1-6-21(12-20(3)36-5)16-29-8-7-9-30-26(34)22-13-23(27-31-10-11-37-27)15-24(14-22)28(35)33(4)17-25-32-19(2)18-38-25;1-7-5-3-2-4-6-7;1-2/h6,12-15,18,29H,1,3,7-11,16-17H2,2,4-5H3,(H,30,34);2-6H,1H3;1-2H/b21-12+;;. The predicted octanol–water partition coefficient (Wildman–Crippen LogP) is 5.73. The van der Waals surface area contributed by atoms with E-state index < -0.39 is 0 Å². The van der Waals surface area contributed by atoms with E-state index in [4.69, 9.17) is 9.47 Å². The summed E-state index contributed by atoms with van der Waals surface area (Å²) in [4.78, 5) is 36.6. The van der Waals surface area contributed by atoms with Crippen LogP contribution < -0.4 is 10.6 Å². The van der Waals surface area contributed by atoms with Gasteiger partial charge in [-0.1, -0.05) is 55.1 Å². The summed E-state index contributed by atoms with van der Waals surface area (Å²) in [5.74, 6) is 0.533. The number of amides is 2. The fraction of sp³-hybridized carbons (Fsp3) is 0.297. The number of thiazole rings is 1. The second kappa shape index (κ2) is 20.9. The van der Waals surface area contributed by atoms with Gasteiger partial charge in [0, 0.05) is 47.9 Å². The average Bonchev–Trinajstić information content (AvgIpc) is 3.78. The molecule has 0 aliphatic carbocycles. The summed E-state index contributed by atoms with van der Waals surface area (Å²) in [7, 11) is 3.29. The first-order valence-electron chi connectivity index (χ1n) is 15.1. The van der Waals surface area contributed by atoms with Crippen molar-refractivity contribution < 1.29 is 19.1 Å². The molecule has 0 saturated heterocycles. The van der Waals surface area contributed by atoms with E-state index in [1.54, 1.807) is 43.3 Å². The van der Waals surface area contributed by atoms with Crippen LogP contribution in [0.25, 0.3) is 0 Å². The Morgan fingerprint density at radius 1 is 1.13 bits per heavy atom. The molecule has 4 rings (SSSR count). The molecular formula is C37H45N5O4S. The Hall–Kier alpha value is -4.98. The van der Waals surface area contributed by atoms with Crippen molar-refractivity contribution in [2.75, 3.05) is 46.9 Å². The molecule has 0 unspecified atom stereocenters. The number of nitrogens with one attached hydrogen (secondary N) is 2. The van der Waals surface area contributed by atoms with Gasteiger partial charge in [0.05, 0.1) is 20.2 Å². The third-order valence-electron chi connectivity index (χ3n) is 6.62. The number of hydrogen-bond acceptors (Lipinski definition) is 8. The molecule has 2 N–H and O–H groups in total. The largest absolute Gasteiger partial charge is 0.497 e. The molecular weight excluding hydrogens is 611 g/mol. The minimum atomic E-state index is -0.263. The maximum absolute atomic E-state index is 13.3. The number of nitrogens with zero attached hydrogens (tertiary/aromatic N) is 3. The van der Waals surface area contributed by atoms with Crippen molar-refractivity contribution in [3.8, 4) is 12.8 Å². The van der Waals surface area contributed by atoms with Crippen LogP contribution in [0, 0.1) is 26.7 Å². The van der Waals surface area contributed by atoms with Crippen molar-refractivity contribution in [1.29, 1.82) is 0 Å². The molecule has 10 heteroatoms. The van der Waals surface area contributed by atoms with Crippen LogP contribution in [-0.2, 0) is 16.0 Å². The Kier molecular flexibility index (Phi) is 17.0. The van der Waals surface area contributed by atoms with Gasteiger partial charge in [0.15, 0.2) is 0 Å². The number of hydrogen-bond donors (Lipinski definition) is 2. The third kappa shape index (κ3) is 13.5. The Bertz CT molecular complexity index is 1560. The molecule has 0 bridgehead atoms. The van der Waals surface area contributed by atoms with E-state index in [1.807, 2.05) is 36.6 Å². The lowest BCUT2D eigenvalue weighted by Crippen LogP contribution is -2.29. The van der Waals surface area contributed by atoms with Crippen molar-refractivity contribution in [3.63, 3.8) is 0 Å². The fourth-order valence-corrected chi connectivity index (χ4v) is 5.04. The summed E-state index contributed by atoms with van der Waals surface area (Å²) in [6.45, 7) is 14.8. The topological polar surface area (TPSA) is 105 Å². The van der Waals surface area contributed by atoms with Gasteiger partial charge in [0.2, 0.25) is 5.90 Å². The summed E-state index contributed by atoms with van der Waals surface area (Å²) in [5, 5.41) is 9.05. The molecule has 3 aromatic rings. The van der Waals surface area contributed by atoms with Gasteiger partial charge in [-0.15, -0.1) is 24.2 Å². The molecule has 1 aromatic heterocycles. The lowest BCUT2D eigenvalue weighted by molar-refractivity contribution is 0.0785. The highest BCUT2D eigenvalue weighted by Crippen LogP contribution is 2.18. The Labute approximate surface area is 283 Å². The Balaban J connectivity index is 0.000000743. The number of aromatic nitrogens is 1. The first-order valence-corrected chi connectivity index (χ1v) is 16.0. The predicted molar refractivity (Wildman–Crippen MR) is 192 cm³/mol. The average molecular weight is 656 g/mol. The number of rotatable bonds is 14. The maximum atomic E-state index is 13.3. The van der Waals surface area contributed by atoms with Crippen LogP contribution >= 0.6 is 11.3 Å². The molecule has 2 heterocycles. The van der Waals surface area contributed by atoms with Crippen LogP contribution in [0.4, 0.5) is 0 Å². The minimum Gasteiger partial charge on any atom is -0.497 e. The normalized spacial score (nSPS) is 11.8. The molecule has 2 aromatic carbocycles. The molecule has 248 valence electrons. The number of benzene rings is 2. The zero-order chi connectivity index (χ0) is 34.6. The number of methoxy groups -OCH3 is 1. The molecule has 0 spiro atoms. The van der Waals surface area contributed by atoms with Crippen molar-refractivity contribution >= 4 is 29.0 Å². The summed E-state index contributed by atoms with van der Waals surface area (Å²) >= 11 is 1.51. The number of carbonyl (C=O) groups is 2. The molecule has 0 atom stereocenters. The van der Waals surface area contributed by atoms with E-state index in [2.05, 4.69) is 65.7 Å². The molecule has 1 aliphatic rings. The second-order valence-corrected chi connectivity index (χ2v) is 11.4. The number of aryl methyl sites for hydroxylation is 2. The van der Waals surface area contributed by atoms with Crippen molar-refractivity contribution in [1.82, 2.24) is 20.5 Å². The van der Waals surface area contributed by atoms with E-state index in [-0.39, 0.29) is 11.8 Å². The minimum absolute atomic E-state index is 0.209. The lowest BCUT2D eigenvalue weighted by atomic mass is 10.0. The van der Waals surface area contributed by atoms with Crippen molar-refractivity contribution in [2.45, 2.75) is 26.8 Å².